The summed E-state index contributed by atoms with van der Waals surface area (Å²) in [6.07, 6.45) is 2.57. The Labute approximate surface area is 111 Å². The third kappa shape index (κ3) is 3.66. The van der Waals surface area contributed by atoms with Crippen LogP contribution in [0.2, 0.25) is 10.6 Å². The lowest BCUT2D eigenvalue weighted by molar-refractivity contribution is 0.269. The van der Waals surface area contributed by atoms with Crippen molar-refractivity contribution in [3.05, 3.63) is 10.6 Å². The van der Waals surface area contributed by atoms with E-state index in [9.17, 15) is 0 Å². The molecule has 0 aromatic carbocycles. The fourth-order valence-corrected chi connectivity index (χ4v) is 2.32. The molecule has 1 aromatic rings. The molecule has 1 saturated heterocycles. The molecule has 0 amide bonds. The number of likely N-dealkylation sites (tertiary alicyclic amines) is 1. The molecule has 1 atom stereocenters. The lowest BCUT2D eigenvalue weighted by Gasteiger charge is -2.23. The summed E-state index contributed by atoms with van der Waals surface area (Å²) in [5.41, 5.74) is 0. The Morgan fingerprint density at radius 2 is 1.76 bits per heavy atom. The Kier molecular flexibility index (Phi) is 4.36. The van der Waals surface area contributed by atoms with E-state index in [1.807, 2.05) is 0 Å². The minimum absolute atomic E-state index is 0.112. The molecule has 0 spiro atoms. The molecule has 2 heterocycles. The molecule has 0 saturated carbocycles. The first kappa shape index (κ1) is 12.8. The molecular weight excluding hydrogens is 261 g/mol. The van der Waals surface area contributed by atoms with E-state index in [0.717, 1.165) is 6.54 Å². The number of aromatic nitrogens is 3. The molecule has 2 rings (SSSR count). The van der Waals surface area contributed by atoms with Crippen molar-refractivity contribution in [3.63, 3.8) is 0 Å². The Hall–Kier alpha value is -0.650. The van der Waals surface area contributed by atoms with E-state index in [0.29, 0.717) is 12.0 Å². The average Bonchev–Trinajstić information content (AvgIpc) is 2.78. The van der Waals surface area contributed by atoms with Gasteiger partial charge in [0.05, 0.1) is 0 Å². The maximum Gasteiger partial charge on any atom is 0.228 e. The highest BCUT2D eigenvalue weighted by Gasteiger charge is 2.17. The number of rotatable bonds is 4. The zero-order valence-electron chi connectivity index (χ0n) is 9.66. The molecule has 94 valence electrons. The van der Waals surface area contributed by atoms with E-state index >= 15 is 0 Å². The first-order chi connectivity index (χ1) is 8.15. The summed E-state index contributed by atoms with van der Waals surface area (Å²) in [6, 6.07) is 0.451. The van der Waals surface area contributed by atoms with Gasteiger partial charge in [0.1, 0.15) is 0 Å². The van der Waals surface area contributed by atoms with Crippen LogP contribution in [0.15, 0.2) is 0 Å². The van der Waals surface area contributed by atoms with Crippen molar-refractivity contribution in [3.8, 4) is 0 Å². The van der Waals surface area contributed by atoms with Crippen molar-refractivity contribution in [2.75, 3.05) is 25.0 Å². The number of nitrogens with zero attached hydrogens (tertiary/aromatic N) is 4. The lowest BCUT2D eigenvalue weighted by atomic mass is 10.3. The third-order valence-corrected chi connectivity index (χ3v) is 3.24. The molecule has 1 aromatic heterocycles. The van der Waals surface area contributed by atoms with Gasteiger partial charge in [0.15, 0.2) is 0 Å². The van der Waals surface area contributed by atoms with Gasteiger partial charge in [-0.05, 0) is 56.1 Å². The molecule has 7 heteroatoms. The first-order valence-corrected chi connectivity index (χ1v) is 6.46. The zero-order chi connectivity index (χ0) is 12.3. The molecule has 5 nitrogen and oxygen atoms in total. The van der Waals surface area contributed by atoms with Crippen LogP contribution in [-0.4, -0.2) is 45.5 Å². The predicted molar refractivity (Wildman–Crippen MR) is 68.6 cm³/mol. The topological polar surface area (TPSA) is 53.9 Å². The molecule has 0 aliphatic carbocycles. The summed E-state index contributed by atoms with van der Waals surface area (Å²) in [4.78, 5) is 14.1. The SMILES string of the molecule is CC(CNc1nc(Cl)nc(Cl)n1)N1CCCC1. The van der Waals surface area contributed by atoms with Gasteiger partial charge in [0.25, 0.3) is 0 Å². The fourth-order valence-electron chi connectivity index (χ4n) is 1.96. The van der Waals surface area contributed by atoms with Crippen molar-refractivity contribution >= 4 is 29.2 Å². The quantitative estimate of drug-likeness (QED) is 0.912. The van der Waals surface area contributed by atoms with E-state index in [2.05, 4.69) is 32.1 Å². The van der Waals surface area contributed by atoms with Crippen LogP contribution < -0.4 is 5.32 Å². The minimum atomic E-state index is 0.112. The monoisotopic (exact) mass is 275 g/mol. The van der Waals surface area contributed by atoms with Gasteiger partial charge in [-0.25, -0.2) is 0 Å². The van der Waals surface area contributed by atoms with E-state index in [4.69, 9.17) is 23.2 Å². The van der Waals surface area contributed by atoms with Crippen LogP contribution in [0.1, 0.15) is 19.8 Å². The summed E-state index contributed by atoms with van der Waals surface area (Å²) < 4.78 is 0. The van der Waals surface area contributed by atoms with Crippen LogP contribution in [-0.2, 0) is 0 Å². The molecule has 0 bridgehead atoms. The van der Waals surface area contributed by atoms with Gasteiger partial charge in [-0.1, -0.05) is 0 Å². The lowest BCUT2D eigenvalue weighted by Crippen LogP contribution is -2.35. The molecule has 1 N–H and O–H groups in total. The maximum atomic E-state index is 5.70. The molecule has 1 fully saturated rings. The maximum absolute atomic E-state index is 5.70. The average molecular weight is 276 g/mol. The van der Waals surface area contributed by atoms with Crippen molar-refractivity contribution < 1.29 is 0 Å². The fraction of sp³-hybridized carbons (Fsp3) is 0.700. The summed E-state index contributed by atoms with van der Waals surface area (Å²) >= 11 is 11.4. The predicted octanol–water partition coefficient (Wildman–Crippen LogP) is 2.07. The number of hydrogen-bond acceptors (Lipinski definition) is 5. The van der Waals surface area contributed by atoms with Gasteiger partial charge < -0.3 is 5.32 Å². The van der Waals surface area contributed by atoms with E-state index in [1.54, 1.807) is 0 Å². The second kappa shape index (κ2) is 5.80. The number of hydrogen-bond donors (Lipinski definition) is 1. The highest BCUT2D eigenvalue weighted by atomic mass is 35.5. The van der Waals surface area contributed by atoms with E-state index in [1.165, 1.54) is 25.9 Å². The van der Waals surface area contributed by atoms with Gasteiger partial charge in [-0.15, -0.1) is 0 Å². The second-order valence-electron chi connectivity index (χ2n) is 4.17. The Bertz CT molecular complexity index is 361. The molecule has 0 radical (unpaired) electrons. The van der Waals surface area contributed by atoms with Gasteiger partial charge >= 0.3 is 0 Å². The van der Waals surface area contributed by atoms with Crippen LogP contribution >= 0.6 is 23.2 Å². The third-order valence-electron chi connectivity index (χ3n) is 2.90. The second-order valence-corrected chi connectivity index (χ2v) is 4.85. The zero-order valence-corrected chi connectivity index (χ0v) is 11.2. The van der Waals surface area contributed by atoms with Crippen LogP contribution in [0, 0.1) is 0 Å². The van der Waals surface area contributed by atoms with Gasteiger partial charge in [0.2, 0.25) is 16.5 Å². The normalized spacial score (nSPS) is 18.3. The van der Waals surface area contributed by atoms with Crippen molar-refractivity contribution in [2.24, 2.45) is 0 Å². The standard InChI is InChI=1S/C10H15Cl2N5/c1-7(17-4-2-3-5-17)6-13-10-15-8(11)14-9(12)16-10/h7H,2-6H2,1H3,(H,13,14,15,16). The molecule has 1 aliphatic heterocycles. The first-order valence-electron chi connectivity index (χ1n) is 5.70. The Morgan fingerprint density at radius 3 is 2.35 bits per heavy atom. The van der Waals surface area contributed by atoms with Crippen molar-refractivity contribution in [2.45, 2.75) is 25.8 Å². The van der Waals surface area contributed by atoms with Crippen LogP contribution in [0.5, 0.6) is 0 Å². The van der Waals surface area contributed by atoms with Crippen molar-refractivity contribution in [1.82, 2.24) is 19.9 Å². The number of anilines is 1. The highest BCUT2D eigenvalue weighted by molar-refractivity contribution is 6.31. The van der Waals surface area contributed by atoms with Crippen LogP contribution in [0.4, 0.5) is 5.95 Å². The molecule has 1 unspecified atom stereocenters. The summed E-state index contributed by atoms with van der Waals surface area (Å²) in [5.74, 6) is 0.432. The van der Waals surface area contributed by atoms with Gasteiger partial charge in [0, 0.05) is 12.6 Å². The minimum Gasteiger partial charge on any atom is -0.352 e. The van der Waals surface area contributed by atoms with Crippen molar-refractivity contribution in [1.29, 1.82) is 0 Å². The molecular formula is C10H15Cl2N5. The van der Waals surface area contributed by atoms with Gasteiger partial charge in [-0.3, -0.25) is 4.90 Å². The Balaban J connectivity index is 1.88. The summed E-state index contributed by atoms with van der Waals surface area (Å²) in [6.45, 7) is 5.29. The van der Waals surface area contributed by atoms with Crippen LogP contribution in [0.25, 0.3) is 0 Å². The number of nitrogens with one attached hydrogen (secondary N) is 1. The van der Waals surface area contributed by atoms with E-state index < -0.39 is 0 Å². The summed E-state index contributed by atoms with van der Waals surface area (Å²) in [5, 5.41) is 3.35. The molecule has 17 heavy (non-hydrogen) atoms. The van der Waals surface area contributed by atoms with E-state index in [-0.39, 0.29) is 10.6 Å². The number of halogens is 2. The Morgan fingerprint density at radius 1 is 1.18 bits per heavy atom. The highest BCUT2D eigenvalue weighted by Crippen LogP contribution is 2.13. The smallest absolute Gasteiger partial charge is 0.228 e. The largest absolute Gasteiger partial charge is 0.352 e. The van der Waals surface area contributed by atoms with Crippen LogP contribution in [0.3, 0.4) is 0 Å². The summed E-state index contributed by atoms with van der Waals surface area (Å²) in [7, 11) is 0. The van der Waals surface area contributed by atoms with Gasteiger partial charge in [-0.2, -0.15) is 15.0 Å². The molecule has 1 aliphatic rings.